The first-order valence-electron chi connectivity index (χ1n) is 8.01. The third kappa shape index (κ3) is 3.18. The summed E-state index contributed by atoms with van der Waals surface area (Å²) < 4.78 is 11.0. The Morgan fingerprint density at radius 2 is 1.91 bits per heavy atom. The monoisotopic (exact) mass is 321 g/mol. The Morgan fingerprint density at radius 1 is 1.18 bits per heavy atom. The number of ether oxygens (including phenoxy) is 2. The lowest BCUT2D eigenvalue weighted by Gasteiger charge is -2.31. The van der Waals surface area contributed by atoms with Crippen molar-refractivity contribution >= 4 is 16.7 Å². The van der Waals surface area contributed by atoms with Crippen LogP contribution in [0.15, 0.2) is 18.2 Å². The number of fused-ring (bicyclic) bond motifs is 1. The van der Waals surface area contributed by atoms with Crippen molar-refractivity contribution in [1.29, 1.82) is 0 Å². The highest BCUT2D eigenvalue weighted by molar-refractivity contribution is 7.98. The minimum Gasteiger partial charge on any atom is -0.493 e. The lowest BCUT2D eigenvalue weighted by molar-refractivity contribution is 0.0946. The molecule has 0 bridgehead atoms. The maximum absolute atomic E-state index is 13.2. The molecule has 0 spiro atoms. The molecule has 2 aliphatic rings. The van der Waals surface area contributed by atoms with Crippen LogP contribution in [-0.2, 0) is 22.1 Å². The predicted molar refractivity (Wildman–Crippen MR) is 91.1 cm³/mol. The Balaban J connectivity index is 1.88. The third-order valence-electron chi connectivity index (χ3n) is 4.31. The van der Waals surface area contributed by atoms with Gasteiger partial charge in [-0.2, -0.15) is 0 Å². The lowest BCUT2D eigenvalue weighted by atomic mass is 9.86. The molecular formula is C18H25O3S+. The van der Waals surface area contributed by atoms with Gasteiger partial charge in [0, 0.05) is 28.3 Å². The van der Waals surface area contributed by atoms with Crippen molar-refractivity contribution in [2.24, 2.45) is 5.41 Å². The van der Waals surface area contributed by atoms with E-state index in [0.29, 0.717) is 5.78 Å². The van der Waals surface area contributed by atoms with E-state index >= 15 is 0 Å². The molecule has 0 aliphatic carbocycles. The Hall–Kier alpha value is -1.00. The standard InChI is InChI=1S/C18H25O3S/c1-18(2,3)17(22-10-8-20-9-11-22)16(19)14-4-5-15-13(12-14)6-7-21-15/h4-5,12,17H,6-11H2,1-3H3/q+1. The molecule has 22 heavy (non-hydrogen) atoms. The van der Waals surface area contributed by atoms with Crippen molar-refractivity contribution in [2.75, 3.05) is 31.3 Å². The van der Waals surface area contributed by atoms with Gasteiger partial charge in [-0.15, -0.1) is 0 Å². The summed E-state index contributed by atoms with van der Waals surface area (Å²) in [6.45, 7) is 8.89. The summed E-state index contributed by atoms with van der Waals surface area (Å²) in [4.78, 5) is 13.2. The van der Waals surface area contributed by atoms with Gasteiger partial charge in [-0.25, -0.2) is 0 Å². The zero-order valence-electron chi connectivity index (χ0n) is 13.7. The predicted octanol–water partition coefficient (Wildman–Crippen LogP) is 2.87. The maximum Gasteiger partial charge on any atom is 0.215 e. The van der Waals surface area contributed by atoms with Crippen molar-refractivity contribution in [3.63, 3.8) is 0 Å². The van der Waals surface area contributed by atoms with Crippen molar-refractivity contribution in [2.45, 2.75) is 32.4 Å². The molecule has 1 atom stereocenters. The van der Waals surface area contributed by atoms with E-state index in [1.807, 2.05) is 18.2 Å². The molecule has 3 nitrogen and oxygen atoms in total. The van der Waals surface area contributed by atoms with Gasteiger partial charge in [0.05, 0.1) is 19.8 Å². The Bertz CT molecular complexity index is 556. The van der Waals surface area contributed by atoms with Gasteiger partial charge in [0.15, 0.2) is 5.25 Å². The van der Waals surface area contributed by atoms with E-state index in [2.05, 4.69) is 20.8 Å². The van der Waals surface area contributed by atoms with Crippen LogP contribution in [0.5, 0.6) is 5.75 Å². The van der Waals surface area contributed by atoms with Crippen LogP contribution in [0.4, 0.5) is 0 Å². The molecule has 4 heteroatoms. The molecule has 120 valence electrons. The second kappa shape index (κ2) is 6.25. The zero-order chi connectivity index (χ0) is 15.7. The van der Waals surface area contributed by atoms with Crippen LogP contribution in [0.2, 0.25) is 0 Å². The summed E-state index contributed by atoms with van der Waals surface area (Å²) in [5.74, 6) is 3.27. The van der Waals surface area contributed by atoms with Crippen LogP contribution in [-0.4, -0.2) is 42.4 Å². The zero-order valence-corrected chi connectivity index (χ0v) is 14.5. The molecule has 1 unspecified atom stereocenters. The largest absolute Gasteiger partial charge is 0.493 e. The van der Waals surface area contributed by atoms with E-state index < -0.39 is 0 Å². The molecule has 2 heterocycles. The minimum absolute atomic E-state index is 0.0208. The normalized spacial score (nSPS) is 20.3. The Labute approximate surface area is 135 Å². The summed E-state index contributed by atoms with van der Waals surface area (Å²) in [5, 5.41) is 0.0803. The van der Waals surface area contributed by atoms with E-state index in [0.717, 1.165) is 49.1 Å². The topological polar surface area (TPSA) is 35.5 Å². The summed E-state index contributed by atoms with van der Waals surface area (Å²) >= 11 is 0. The van der Waals surface area contributed by atoms with E-state index in [-0.39, 0.29) is 21.6 Å². The Kier molecular flexibility index (Phi) is 4.51. The first-order chi connectivity index (χ1) is 10.5. The van der Waals surface area contributed by atoms with Crippen LogP contribution in [0.3, 0.4) is 0 Å². The van der Waals surface area contributed by atoms with Gasteiger partial charge in [-0.05, 0) is 23.8 Å². The summed E-state index contributed by atoms with van der Waals surface area (Å²) in [6, 6.07) is 5.95. The van der Waals surface area contributed by atoms with E-state index in [9.17, 15) is 4.79 Å². The first kappa shape index (κ1) is 15.9. The Morgan fingerprint density at radius 3 is 2.59 bits per heavy atom. The quantitative estimate of drug-likeness (QED) is 0.634. The maximum atomic E-state index is 13.2. The average molecular weight is 321 g/mol. The highest BCUT2D eigenvalue weighted by atomic mass is 32.2. The molecular weight excluding hydrogens is 296 g/mol. The van der Waals surface area contributed by atoms with E-state index in [1.54, 1.807) is 0 Å². The molecule has 3 rings (SSSR count). The van der Waals surface area contributed by atoms with Crippen molar-refractivity contribution in [1.82, 2.24) is 0 Å². The number of hydrogen-bond acceptors (Lipinski definition) is 3. The number of benzene rings is 1. The first-order valence-corrected chi connectivity index (χ1v) is 9.63. The van der Waals surface area contributed by atoms with Gasteiger partial charge in [0.25, 0.3) is 0 Å². The van der Waals surface area contributed by atoms with Gasteiger partial charge in [-0.1, -0.05) is 20.8 Å². The molecule has 0 amide bonds. The summed E-state index contributed by atoms with van der Waals surface area (Å²) in [5.41, 5.74) is 2.00. The summed E-state index contributed by atoms with van der Waals surface area (Å²) in [7, 11) is 0.113. The van der Waals surface area contributed by atoms with Gasteiger partial charge in [-0.3, -0.25) is 4.79 Å². The molecule has 1 aromatic rings. The number of ketones is 1. The van der Waals surface area contributed by atoms with Crippen LogP contribution in [0.1, 0.15) is 36.7 Å². The van der Waals surface area contributed by atoms with Gasteiger partial charge >= 0.3 is 0 Å². The van der Waals surface area contributed by atoms with Crippen molar-refractivity contribution < 1.29 is 14.3 Å². The number of Topliss-reactive ketones (excluding diaryl/α,β-unsaturated/α-hetero) is 1. The SMILES string of the molecule is CC(C)(C)C(C(=O)c1ccc2c(c1)CCO2)[S+]1CCOCC1. The number of hydrogen-bond donors (Lipinski definition) is 0. The second-order valence-electron chi connectivity index (χ2n) is 7.09. The molecule has 1 fully saturated rings. The highest BCUT2D eigenvalue weighted by Crippen LogP contribution is 2.33. The lowest BCUT2D eigenvalue weighted by Crippen LogP contribution is -2.47. The molecule has 1 aromatic carbocycles. The number of rotatable bonds is 3. The molecule has 2 aliphatic heterocycles. The second-order valence-corrected chi connectivity index (χ2v) is 9.45. The van der Waals surface area contributed by atoms with Crippen molar-refractivity contribution in [3.8, 4) is 5.75 Å². The van der Waals surface area contributed by atoms with Crippen LogP contribution >= 0.6 is 0 Å². The molecule has 1 saturated heterocycles. The minimum atomic E-state index is -0.0208. The molecule has 0 saturated carbocycles. The number of carbonyl (C=O) groups excluding carboxylic acids is 1. The molecule has 0 aromatic heterocycles. The summed E-state index contributed by atoms with van der Waals surface area (Å²) in [6.07, 6.45) is 0.913. The number of carbonyl (C=O) groups is 1. The van der Waals surface area contributed by atoms with Gasteiger partial charge < -0.3 is 9.47 Å². The van der Waals surface area contributed by atoms with Gasteiger partial charge in [0.2, 0.25) is 5.78 Å². The van der Waals surface area contributed by atoms with Gasteiger partial charge in [0.1, 0.15) is 17.3 Å². The fraction of sp³-hybridized carbons (Fsp3) is 0.611. The van der Waals surface area contributed by atoms with Crippen LogP contribution in [0.25, 0.3) is 0 Å². The van der Waals surface area contributed by atoms with Crippen molar-refractivity contribution in [3.05, 3.63) is 29.3 Å². The average Bonchev–Trinajstić information content (AvgIpc) is 2.94. The third-order valence-corrected chi connectivity index (χ3v) is 7.28. The van der Waals surface area contributed by atoms with Crippen LogP contribution in [0, 0.1) is 5.41 Å². The fourth-order valence-corrected chi connectivity index (χ4v) is 6.09. The molecule has 0 radical (unpaired) electrons. The highest BCUT2D eigenvalue weighted by Gasteiger charge is 2.46. The van der Waals surface area contributed by atoms with Crippen LogP contribution < -0.4 is 4.74 Å². The smallest absolute Gasteiger partial charge is 0.215 e. The van der Waals surface area contributed by atoms with E-state index in [4.69, 9.17) is 9.47 Å². The molecule has 0 N–H and O–H groups in total. The fourth-order valence-electron chi connectivity index (χ4n) is 3.31. The van der Waals surface area contributed by atoms with E-state index in [1.165, 1.54) is 5.56 Å².